The summed E-state index contributed by atoms with van der Waals surface area (Å²) in [6, 6.07) is 12.3. The summed E-state index contributed by atoms with van der Waals surface area (Å²) in [4.78, 5) is 76.5. The Morgan fingerprint density at radius 3 is 1.73 bits per heavy atom. The molecule has 468 valence electrons. The standard InChI is InChI=1S/C34H44N6O6S2.C24H28N6O2S2.CH4.3ClH/c1-21-18-40(20-35-21)23-10-9-11-24-28(23)37-30(47-24)27-22-12-14-39(32(43)46-34(5,6)7)19-25(22)48-29(27)36-26(41)13-15-38(16-17-44-8)31(42)45-33(2,3)4;1-15-13-30(14-27-15)17-4-3-5-18-22(17)29-24(33-18)21-16-6-8-26-12-19(16)34-23(21)28-20(31)7-9-25-10-11-32-2;;;;/h9-11,18,20H,12-17,19H2,1-8H3,(H,36,41);3-5,13-14,25-26H,6-12H2,1-2H3,(H,28,31);1H4;3*1H. The number of aromatic nitrogens is 6. The van der Waals surface area contributed by atoms with Gasteiger partial charge in [0.25, 0.3) is 0 Å². The van der Waals surface area contributed by atoms with Crippen LogP contribution in [-0.4, -0.2) is 141 Å². The minimum atomic E-state index is -0.670. The Hall–Kier alpha value is -5.77. The predicted molar refractivity (Wildman–Crippen MR) is 355 cm³/mol. The highest BCUT2D eigenvalue weighted by molar-refractivity contribution is 7.23. The van der Waals surface area contributed by atoms with E-state index in [4.69, 9.17) is 28.9 Å². The Morgan fingerprint density at radius 2 is 1.21 bits per heavy atom. The number of para-hydroxylation sites is 2. The van der Waals surface area contributed by atoms with Gasteiger partial charge in [-0.25, -0.2) is 29.5 Å². The number of imidazole rings is 2. The number of fused-ring (bicyclic) bond motifs is 4. The van der Waals surface area contributed by atoms with E-state index in [0.717, 1.165) is 106 Å². The molecule has 0 unspecified atom stereocenters. The molecule has 0 saturated heterocycles. The zero-order valence-corrected chi connectivity index (χ0v) is 55.1. The molecule has 0 radical (unpaired) electrons. The first-order valence-corrected chi connectivity index (χ1v) is 30.6. The maximum atomic E-state index is 13.5. The number of thiazole rings is 2. The Morgan fingerprint density at radius 1 is 0.674 bits per heavy atom. The minimum Gasteiger partial charge on any atom is -0.444 e. The Kier molecular flexibility index (Phi) is 25.9. The van der Waals surface area contributed by atoms with Gasteiger partial charge in [0, 0.05) is 99.6 Å². The Bertz CT molecular complexity index is 3580. The van der Waals surface area contributed by atoms with E-state index >= 15 is 0 Å². The number of carbonyl (C=O) groups is 4. The summed E-state index contributed by atoms with van der Waals surface area (Å²) in [6.07, 6.45) is 8.69. The van der Waals surface area contributed by atoms with Crippen LogP contribution in [0.25, 0.3) is 53.0 Å². The third kappa shape index (κ3) is 17.7. The van der Waals surface area contributed by atoms with Crippen LogP contribution >= 0.6 is 82.6 Å². The van der Waals surface area contributed by atoms with Gasteiger partial charge in [-0.2, -0.15) is 0 Å². The van der Waals surface area contributed by atoms with E-state index in [9.17, 15) is 19.2 Å². The number of carbonyl (C=O) groups excluding carboxylic acids is 4. The normalized spacial score (nSPS) is 12.7. The maximum Gasteiger partial charge on any atom is 0.410 e. The zero-order valence-electron chi connectivity index (χ0n) is 49.4. The summed E-state index contributed by atoms with van der Waals surface area (Å²) in [5.41, 5.74) is 8.62. The van der Waals surface area contributed by atoms with Gasteiger partial charge in [-0.05, 0) is 110 Å². The number of thiophene rings is 2. The highest BCUT2D eigenvalue weighted by atomic mass is 35.5. The van der Waals surface area contributed by atoms with Crippen molar-refractivity contribution in [3.63, 3.8) is 0 Å². The molecule has 2 aromatic carbocycles. The fraction of sp³-hybridized carbons (Fsp3) is 0.458. The number of anilines is 2. The summed E-state index contributed by atoms with van der Waals surface area (Å²) in [5, 5.41) is 16.3. The highest BCUT2D eigenvalue weighted by Gasteiger charge is 2.33. The molecule has 0 aliphatic carbocycles. The molecule has 0 saturated carbocycles. The van der Waals surface area contributed by atoms with Gasteiger partial charge in [-0.1, -0.05) is 19.6 Å². The van der Waals surface area contributed by atoms with Gasteiger partial charge < -0.3 is 59.1 Å². The lowest BCUT2D eigenvalue weighted by Crippen LogP contribution is -2.40. The van der Waals surface area contributed by atoms with E-state index in [0.29, 0.717) is 57.2 Å². The van der Waals surface area contributed by atoms with Crippen LogP contribution in [0.4, 0.5) is 19.6 Å². The second-order valence-corrected chi connectivity index (χ2v) is 26.2. The van der Waals surface area contributed by atoms with Crippen LogP contribution in [0.3, 0.4) is 0 Å². The van der Waals surface area contributed by atoms with Crippen molar-refractivity contribution in [1.29, 1.82) is 0 Å². The summed E-state index contributed by atoms with van der Waals surface area (Å²) in [6.45, 7) is 20.2. The third-order valence-corrected chi connectivity index (χ3v) is 17.5. The van der Waals surface area contributed by atoms with Gasteiger partial charge in [0.15, 0.2) is 0 Å². The molecule has 0 atom stereocenters. The van der Waals surface area contributed by atoms with E-state index in [1.54, 1.807) is 80.2 Å². The maximum absolute atomic E-state index is 13.5. The number of methoxy groups -OCH3 is 2. The van der Waals surface area contributed by atoms with Crippen LogP contribution in [0.15, 0.2) is 61.4 Å². The lowest BCUT2D eigenvalue weighted by Gasteiger charge is -2.30. The molecule has 10 rings (SSSR count). The van der Waals surface area contributed by atoms with Crippen molar-refractivity contribution in [2.45, 2.75) is 113 Å². The summed E-state index contributed by atoms with van der Waals surface area (Å²) in [7, 11) is 3.23. The third-order valence-electron chi connectivity index (χ3n) is 13.2. The van der Waals surface area contributed by atoms with Gasteiger partial charge in [0.1, 0.15) is 42.3 Å². The average molecular weight is 1320 g/mol. The molecule has 0 fully saturated rings. The number of nitrogens with zero attached hydrogens (tertiary/aromatic N) is 8. The van der Waals surface area contributed by atoms with Crippen molar-refractivity contribution in [2.75, 3.05) is 77.3 Å². The van der Waals surface area contributed by atoms with Crippen molar-refractivity contribution in [3.8, 4) is 32.5 Å². The molecule has 8 aromatic rings. The van der Waals surface area contributed by atoms with Gasteiger partial charge in [0.05, 0.1) is 64.6 Å². The molecular weight excluding hydrogens is 1240 g/mol. The quantitative estimate of drug-likeness (QED) is 0.0587. The first kappa shape index (κ1) is 71.0. The summed E-state index contributed by atoms with van der Waals surface area (Å²) in [5.74, 6) is -0.242. The van der Waals surface area contributed by atoms with Crippen LogP contribution in [0.5, 0.6) is 0 Å². The van der Waals surface area contributed by atoms with Crippen molar-refractivity contribution >= 4 is 137 Å². The number of amides is 4. The molecule has 4 N–H and O–H groups in total. The first-order valence-electron chi connectivity index (χ1n) is 27.3. The number of ether oxygens (including phenoxy) is 4. The number of nitrogens with one attached hydrogen (secondary N) is 4. The molecule has 86 heavy (non-hydrogen) atoms. The van der Waals surface area contributed by atoms with E-state index in [-0.39, 0.29) is 75.5 Å². The van der Waals surface area contributed by atoms with Gasteiger partial charge in [-0.3, -0.25) is 9.59 Å². The molecule has 20 nitrogen and oxygen atoms in total. The van der Waals surface area contributed by atoms with Crippen LogP contribution in [0.1, 0.15) is 94.1 Å². The second-order valence-electron chi connectivity index (χ2n) is 21.9. The fourth-order valence-corrected chi connectivity index (χ4v) is 14.2. The van der Waals surface area contributed by atoms with Gasteiger partial charge in [-0.15, -0.1) is 82.6 Å². The molecular formula is C59H79Cl3N12O8S4. The fourth-order valence-electron chi connectivity index (χ4n) is 9.39. The van der Waals surface area contributed by atoms with E-state index in [1.807, 2.05) is 80.7 Å². The molecule has 0 spiro atoms. The molecule has 2 aliphatic heterocycles. The lowest BCUT2D eigenvalue weighted by atomic mass is 10.0. The number of hydrogen-bond acceptors (Lipinski definition) is 18. The average Bonchev–Trinajstić information content (AvgIpc) is 1.70. The Balaban J connectivity index is 0.000000315. The van der Waals surface area contributed by atoms with Crippen molar-refractivity contribution in [1.82, 2.24) is 49.5 Å². The lowest BCUT2D eigenvalue weighted by molar-refractivity contribution is -0.117. The number of benzene rings is 2. The summed E-state index contributed by atoms with van der Waals surface area (Å²) >= 11 is 6.34. The van der Waals surface area contributed by atoms with Gasteiger partial charge >= 0.3 is 12.2 Å². The molecule has 0 bridgehead atoms. The largest absolute Gasteiger partial charge is 0.444 e. The van der Waals surface area contributed by atoms with E-state index in [2.05, 4.69) is 49.4 Å². The monoisotopic (exact) mass is 1320 g/mol. The highest BCUT2D eigenvalue weighted by Crippen LogP contribution is 2.48. The van der Waals surface area contributed by atoms with Gasteiger partial charge in [0.2, 0.25) is 11.8 Å². The van der Waals surface area contributed by atoms with Crippen LogP contribution < -0.4 is 21.3 Å². The second kappa shape index (κ2) is 31.4. The number of halogens is 3. The molecule has 6 aromatic heterocycles. The Labute approximate surface area is 537 Å². The number of aryl methyl sites for hydroxylation is 2. The number of hydrogen-bond donors (Lipinski definition) is 4. The van der Waals surface area contributed by atoms with E-state index in [1.165, 1.54) is 26.7 Å². The first-order chi connectivity index (χ1) is 39.2. The summed E-state index contributed by atoms with van der Waals surface area (Å²) < 4.78 is 27.5. The van der Waals surface area contributed by atoms with Crippen LogP contribution in [0.2, 0.25) is 0 Å². The molecule has 4 amide bonds. The van der Waals surface area contributed by atoms with Crippen LogP contribution in [-0.2, 0) is 54.5 Å². The van der Waals surface area contributed by atoms with Crippen molar-refractivity contribution < 1.29 is 38.1 Å². The topological polar surface area (TPSA) is 221 Å². The van der Waals surface area contributed by atoms with Crippen molar-refractivity contribution in [3.05, 3.63) is 93.7 Å². The van der Waals surface area contributed by atoms with E-state index < -0.39 is 17.3 Å². The number of rotatable bonds is 18. The minimum absolute atomic E-state index is 0. The zero-order chi connectivity index (χ0) is 58.3. The SMILES string of the molecule is C.COCCN(CCC(=O)Nc1sc2c(c1-c1nc3c(-n4cnc(C)c4)cccc3s1)CCN(C(=O)OC(C)(C)C)C2)C(=O)OC(C)(C)C.COCCNCCC(=O)Nc1sc2c(c1-c1nc3c(-n4cnc(C)c4)cccc3s1)CCNC2.Cl.Cl.Cl. The predicted octanol–water partition coefficient (Wildman–Crippen LogP) is 12.7. The molecule has 27 heteroatoms. The molecule has 2 aliphatic rings. The van der Waals surface area contributed by atoms with Crippen LogP contribution in [0, 0.1) is 13.8 Å². The van der Waals surface area contributed by atoms with Crippen molar-refractivity contribution in [2.24, 2.45) is 0 Å². The smallest absolute Gasteiger partial charge is 0.410 e. The molecule has 8 heterocycles.